The molecule has 9 heteroatoms. The van der Waals surface area contributed by atoms with Crippen molar-refractivity contribution in [2.75, 3.05) is 5.32 Å². The lowest BCUT2D eigenvalue weighted by Gasteiger charge is -2.26. The minimum Gasteiger partial charge on any atom is -0.325 e. The molecule has 0 saturated heterocycles. The molecule has 1 aromatic carbocycles. The normalized spacial score (nSPS) is 19.3. The molecule has 1 saturated carbocycles. The Hall–Kier alpha value is -3.25. The molecule has 2 aromatic rings. The lowest BCUT2D eigenvalue weighted by Crippen LogP contribution is -2.29. The van der Waals surface area contributed by atoms with E-state index in [0.29, 0.717) is 25.7 Å². The van der Waals surface area contributed by atoms with Gasteiger partial charge in [0, 0.05) is 24.0 Å². The smallest absolute Gasteiger partial charge is 0.209 e. The molecule has 1 aromatic heterocycles. The monoisotopic (exact) mass is 439 g/mol. The maximum Gasteiger partial charge on any atom is 0.209 e. The molecule has 0 atom stereocenters. The van der Waals surface area contributed by atoms with E-state index >= 15 is 0 Å². The molecule has 1 aliphatic carbocycles. The highest BCUT2D eigenvalue weighted by molar-refractivity contribution is 7.92. The number of carbonyl (C=O) groups excluding carboxylic acids is 1. The number of nitriles is 1. The van der Waals surface area contributed by atoms with Gasteiger partial charge in [-0.1, -0.05) is 12.1 Å². The summed E-state index contributed by atoms with van der Waals surface area (Å²) in [4.78, 5) is 20.1. The molecular weight excluding hydrogens is 414 g/mol. The first-order chi connectivity index (χ1) is 14.9. The van der Waals surface area contributed by atoms with Crippen LogP contribution in [0.4, 0.5) is 5.69 Å². The number of hydrogen-bond donors (Lipinski definition) is 2. The summed E-state index contributed by atoms with van der Waals surface area (Å²) >= 11 is 0. The summed E-state index contributed by atoms with van der Waals surface area (Å²) < 4.78 is 25.9. The summed E-state index contributed by atoms with van der Waals surface area (Å²) in [5.41, 5.74) is 1.55. The van der Waals surface area contributed by atoms with Gasteiger partial charge < -0.3 is 5.32 Å². The fourth-order valence-electron chi connectivity index (χ4n) is 3.66. The van der Waals surface area contributed by atoms with E-state index < -0.39 is 15.1 Å². The summed E-state index contributed by atoms with van der Waals surface area (Å²) in [6.07, 6.45) is 7.38. The Labute approximate surface area is 182 Å². The van der Waals surface area contributed by atoms with Gasteiger partial charge in [0.15, 0.2) is 16.0 Å². The number of guanidine groups is 1. The number of sulfone groups is 1. The number of Topliss-reactive ketones (excluding diaryl/α,β-unsaturated/α-hetero) is 1. The molecular formula is C22H25N5O3S. The minimum absolute atomic E-state index is 0.0105. The summed E-state index contributed by atoms with van der Waals surface area (Å²) in [6.45, 7) is 1.84. The second-order valence-electron chi connectivity index (χ2n) is 7.54. The predicted molar refractivity (Wildman–Crippen MR) is 118 cm³/mol. The van der Waals surface area contributed by atoms with Crippen molar-refractivity contribution in [3.8, 4) is 6.19 Å². The molecule has 2 N–H and O–H groups in total. The number of hydrogen-bond acceptors (Lipinski definition) is 6. The summed E-state index contributed by atoms with van der Waals surface area (Å²) in [5.74, 6) is 0.417. The van der Waals surface area contributed by atoms with Crippen molar-refractivity contribution >= 4 is 27.3 Å². The van der Waals surface area contributed by atoms with E-state index in [-0.39, 0.29) is 29.1 Å². The minimum atomic E-state index is -3.43. The quantitative estimate of drug-likeness (QED) is 0.307. The topological polar surface area (TPSA) is 124 Å². The van der Waals surface area contributed by atoms with Gasteiger partial charge in [0.25, 0.3) is 0 Å². The number of nitrogens with one attached hydrogen (secondary N) is 2. The molecule has 31 heavy (non-hydrogen) atoms. The Balaban J connectivity index is 1.65. The number of benzene rings is 1. The van der Waals surface area contributed by atoms with E-state index in [1.165, 1.54) is 0 Å². The Bertz CT molecular complexity index is 1070. The molecule has 3 rings (SSSR count). The molecule has 0 spiro atoms. The van der Waals surface area contributed by atoms with Gasteiger partial charge in [-0.05, 0) is 62.4 Å². The van der Waals surface area contributed by atoms with Crippen molar-refractivity contribution in [2.45, 2.75) is 49.3 Å². The second kappa shape index (κ2) is 10.2. The van der Waals surface area contributed by atoms with Crippen molar-refractivity contribution in [1.29, 1.82) is 5.26 Å². The van der Waals surface area contributed by atoms with Crippen molar-refractivity contribution < 1.29 is 13.2 Å². The molecule has 8 nitrogen and oxygen atoms in total. The molecule has 1 fully saturated rings. The van der Waals surface area contributed by atoms with Crippen LogP contribution in [-0.2, 0) is 21.2 Å². The number of rotatable bonds is 6. The van der Waals surface area contributed by atoms with Gasteiger partial charge >= 0.3 is 0 Å². The van der Waals surface area contributed by atoms with Crippen LogP contribution in [0.2, 0.25) is 0 Å². The van der Waals surface area contributed by atoms with Crippen LogP contribution in [0.5, 0.6) is 0 Å². The highest BCUT2D eigenvalue weighted by atomic mass is 32.2. The van der Waals surface area contributed by atoms with Gasteiger partial charge in [0.1, 0.15) is 5.78 Å². The summed E-state index contributed by atoms with van der Waals surface area (Å²) in [7, 11) is -3.43. The number of aliphatic imine (C=N–C) groups is 1. The van der Waals surface area contributed by atoms with Crippen molar-refractivity contribution in [2.24, 2.45) is 10.9 Å². The molecule has 0 unspecified atom stereocenters. The second-order valence-corrected chi connectivity index (χ2v) is 9.76. The summed E-state index contributed by atoms with van der Waals surface area (Å²) in [5, 5.41) is 14.0. The zero-order valence-electron chi connectivity index (χ0n) is 17.3. The fourth-order valence-corrected chi connectivity index (χ4v) is 5.46. The third kappa shape index (κ3) is 5.89. The standard InChI is InChI=1S/C22H25N5O3S/c1-16(28)18-4-8-21(9-5-18)31(29,30)20-6-2-17(3-7-20)14-25-22(26-15-23)27-19-10-12-24-13-11-19/h2-3,6-7,10-13,18,21H,4-5,8-9,14H2,1H3,(H2,24,25,26,27). The highest BCUT2D eigenvalue weighted by Gasteiger charge is 2.33. The third-order valence-electron chi connectivity index (χ3n) is 5.48. The van der Waals surface area contributed by atoms with E-state index in [2.05, 4.69) is 20.6 Å². The first-order valence-electron chi connectivity index (χ1n) is 10.1. The van der Waals surface area contributed by atoms with E-state index in [4.69, 9.17) is 5.26 Å². The van der Waals surface area contributed by atoms with Gasteiger partial charge in [-0.3, -0.25) is 15.1 Å². The molecule has 162 valence electrons. The van der Waals surface area contributed by atoms with Gasteiger partial charge in [-0.2, -0.15) is 5.26 Å². The Morgan fingerprint density at radius 1 is 1.13 bits per heavy atom. The SMILES string of the molecule is CC(=O)C1CCC(S(=O)(=O)c2ccc(CN=C(NC#N)Nc3ccncc3)cc2)CC1. The third-order valence-corrected chi connectivity index (χ3v) is 7.76. The van der Waals surface area contributed by atoms with Gasteiger partial charge in [-0.15, -0.1) is 0 Å². The van der Waals surface area contributed by atoms with Crippen LogP contribution < -0.4 is 10.6 Å². The fraction of sp³-hybridized carbons (Fsp3) is 0.364. The largest absolute Gasteiger partial charge is 0.325 e. The first kappa shape index (κ1) is 22.4. The number of aromatic nitrogens is 1. The summed E-state index contributed by atoms with van der Waals surface area (Å²) in [6, 6.07) is 10.2. The van der Waals surface area contributed by atoms with Crippen LogP contribution >= 0.6 is 0 Å². The highest BCUT2D eigenvalue weighted by Crippen LogP contribution is 2.32. The molecule has 1 aliphatic rings. The van der Waals surface area contributed by atoms with Crippen LogP contribution in [0.25, 0.3) is 0 Å². The Morgan fingerprint density at radius 3 is 2.35 bits per heavy atom. The predicted octanol–water partition coefficient (Wildman–Crippen LogP) is 3.04. The maximum absolute atomic E-state index is 13.0. The van der Waals surface area contributed by atoms with Crippen LogP contribution in [0.15, 0.2) is 58.7 Å². The van der Waals surface area contributed by atoms with Gasteiger partial charge in [-0.25, -0.2) is 13.4 Å². The van der Waals surface area contributed by atoms with E-state index in [9.17, 15) is 13.2 Å². The van der Waals surface area contributed by atoms with Crippen LogP contribution in [0, 0.1) is 17.4 Å². The van der Waals surface area contributed by atoms with E-state index in [1.54, 1.807) is 55.7 Å². The van der Waals surface area contributed by atoms with Crippen molar-refractivity contribution in [3.63, 3.8) is 0 Å². The first-order valence-corrected chi connectivity index (χ1v) is 11.6. The number of nitrogens with zero attached hydrogens (tertiary/aromatic N) is 3. The number of pyridine rings is 1. The molecule has 0 amide bonds. The zero-order valence-corrected chi connectivity index (χ0v) is 18.1. The average Bonchev–Trinajstić information content (AvgIpc) is 2.78. The number of carbonyl (C=O) groups is 1. The van der Waals surface area contributed by atoms with E-state index in [1.807, 2.05) is 6.19 Å². The molecule has 1 heterocycles. The molecule has 0 radical (unpaired) electrons. The van der Waals surface area contributed by atoms with Crippen LogP contribution in [-0.4, -0.2) is 30.4 Å². The Morgan fingerprint density at radius 2 is 1.77 bits per heavy atom. The van der Waals surface area contributed by atoms with Gasteiger partial charge in [0.2, 0.25) is 5.96 Å². The van der Waals surface area contributed by atoms with Crippen molar-refractivity contribution in [3.05, 3.63) is 54.4 Å². The lowest BCUT2D eigenvalue weighted by atomic mass is 9.86. The number of anilines is 1. The lowest BCUT2D eigenvalue weighted by molar-refractivity contribution is -0.121. The average molecular weight is 440 g/mol. The van der Waals surface area contributed by atoms with Crippen LogP contribution in [0.1, 0.15) is 38.2 Å². The maximum atomic E-state index is 13.0. The number of ketones is 1. The Kier molecular flexibility index (Phi) is 7.36. The zero-order chi connectivity index (χ0) is 22.3. The van der Waals surface area contributed by atoms with Crippen molar-refractivity contribution in [1.82, 2.24) is 10.3 Å². The van der Waals surface area contributed by atoms with E-state index in [0.717, 1.165) is 11.3 Å². The molecule has 0 aliphatic heterocycles. The molecule has 0 bridgehead atoms. The van der Waals surface area contributed by atoms with Crippen LogP contribution in [0.3, 0.4) is 0 Å². The van der Waals surface area contributed by atoms with Gasteiger partial charge in [0.05, 0.1) is 16.7 Å².